The average Bonchev–Trinajstić information content (AvgIpc) is 3.61. The number of hydrogen-bond donors (Lipinski definition) is 7. The van der Waals surface area contributed by atoms with Gasteiger partial charge in [-0.1, -0.05) is 40.0 Å². The van der Waals surface area contributed by atoms with Crippen LogP contribution in [0.4, 0.5) is 0 Å². The number of nitrogens with two attached hydrogens (primary N) is 2. The summed E-state index contributed by atoms with van der Waals surface area (Å²) in [6.45, 7) is 8.83. The molecule has 2 saturated carbocycles. The van der Waals surface area contributed by atoms with E-state index in [0.717, 1.165) is 31.3 Å². The van der Waals surface area contributed by atoms with Crippen LogP contribution in [0.15, 0.2) is 16.6 Å². The molecule has 3 heterocycles. The summed E-state index contributed by atoms with van der Waals surface area (Å²) in [7, 11) is 0. The number of carbonyl (C=O) groups excluding carboxylic acids is 2. The number of hydrogen-bond acceptors (Lipinski definition) is 11. The second-order valence-corrected chi connectivity index (χ2v) is 16.7. The van der Waals surface area contributed by atoms with Gasteiger partial charge < -0.3 is 60.7 Å². The van der Waals surface area contributed by atoms with E-state index in [1.807, 2.05) is 17.6 Å². The van der Waals surface area contributed by atoms with Crippen molar-refractivity contribution < 1.29 is 59.8 Å². The number of aliphatic hydroxyl groups excluding tert-OH is 4. The first-order valence-electron chi connectivity index (χ1n) is 19.5. The van der Waals surface area contributed by atoms with E-state index in [9.17, 15) is 40.2 Å². The highest BCUT2D eigenvalue weighted by atomic mass is 16.7. The summed E-state index contributed by atoms with van der Waals surface area (Å²) < 4.78 is 16.8. The minimum absolute atomic E-state index is 0.00919. The van der Waals surface area contributed by atoms with Gasteiger partial charge in [0.05, 0.1) is 48.7 Å². The van der Waals surface area contributed by atoms with Gasteiger partial charge in [0, 0.05) is 18.8 Å². The van der Waals surface area contributed by atoms with Crippen molar-refractivity contribution in [1.29, 1.82) is 0 Å². The molecule has 2 saturated heterocycles. The Morgan fingerprint density at radius 3 is 2.48 bits per heavy atom. The predicted octanol–water partition coefficient (Wildman–Crippen LogP) is -1.40. The average molecular weight is 738 g/mol. The molecule has 3 aliphatic heterocycles. The summed E-state index contributed by atoms with van der Waals surface area (Å²) >= 11 is 0. The summed E-state index contributed by atoms with van der Waals surface area (Å²) in [5.74, 6) is -1.89. The molecule has 52 heavy (non-hydrogen) atoms. The third-order valence-electron chi connectivity index (χ3n) is 12.6. The molecule has 294 valence electrons. The SMILES string of the molecule is CC(C)CCCC(C)C(C[NH2+]CC1(O)C(OC2CCC3C(C2)[OH+]C(C(N)=O)C(C2CCC(O)CC2)C3O)OC(C(=O)[O-])C(O)C1O)CC1=C[CH+]N=C1. The first-order valence-corrected chi connectivity index (χ1v) is 19.5. The molecule has 1 amide bonds. The maximum atomic E-state index is 12.7. The lowest BCUT2D eigenvalue weighted by Crippen LogP contribution is -2.93. The first kappa shape index (κ1) is 41.0. The number of aliphatic hydroxyl groups is 7. The van der Waals surface area contributed by atoms with Crippen LogP contribution in [0.5, 0.6) is 0 Å². The number of nitrogens with zero attached hydrogens (tertiary/aromatic N) is 1. The lowest BCUT2D eigenvalue weighted by Gasteiger charge is -2.50. The number of amides is 1. The number of aliphatic imine (C=N–C) groups is 1. The van der Waals surface area contributed by atoms with E-state index < -0.39 is 72.4 Å². The highest BCUT2D eigenvalue weighted by Gasteiger charge is 2.60. The number of primary amides is 1. The van der Waals surface area contributed by atoms with Crippen molar-refractivity contribution in [2.75, 3.05) is 13.1 Å². The van der Waals surface area contributed by atoms with Gasteiger partial charge in [-0.2, -0.15) is 0 Å². The fourth-order valence-electron chi connectivity index (χ4n) is 9.43. The van der Waals surface area contributed by atoms with E-state index in [-0.39, 0.29) is 36.8 Å². The predicted molar refractivity (Wildman–Crippen MR) is 188 cm³/mol. The normalized spacial score (nSPS) is 40.4. The maximum absolute atomic E-state index is 12.7. The number of ether oxygens (including phenoxy) is 3. The quantitative estimate of drug-likeness (QED) is 0.0721. The van der Waals surface area contributed by atoms with E-state index in [4.69, 9.17) is 19.9 Å². The number of carbonyl (C=O) groups is 2. The molecule has 0 aromatic carbocycles. The lowest BCUT2D eigenvalue weighted by atomic mass is 9.66. The summed E-state index contributed by atoms with van der Waals surface area (Å²) in [5, 5.41) is 69.5. The first-order chi connectivity index (χ1) is 24.7. The van der Waals surface area contributed by atoms with E-state index in [2.05, 4.69) is 25.8 Å². The molecule has 0 radical (unpaired) electrons. The highest BCUT2D eigenvalue weighted by molar-refractivity contribution is 5.82. The molecule has 13 unspecified atom stereocenters. The van der Waals surface area contributed by atoms with Crippen molar-refractivity contribution >= 4 is 18.1 Å². The monoisotopic (exact) mass is 737 g/mol. The zero-order valence-electron chi connectivity index (χ0n) is 30.9. The molecule has 0 aromatic heterocycles. The third-order valence-corrected chi connectivity index (χ3v) is 12.6. The molecular formula is C38H63N3O11+2. The summed E-state index contributed by atoms with van der Waals surface area (Å²) in [4.78, 5) is 28.8. The molecule has 13 atom stereocenters. The van der Waals surface area contributed by atoms with Gasteiger partial charge in [0.25, 0.3) is 5.91 Å². The van der Waals surface area contributed by atoms with Crippen molar-refractivity contribution in [2.45, 2.75) is 152 Å². The molecule has 0 spiro atoms. The second-order valence-electron chi connectivity index (χ2n) is 16.7. The van der Waals surface area contributed by atoms with Gasteiger partial charge >= 0.3 is 0 Å². The van der Waals surface area contributed by atoms with Crippen LogP contribution < -0.4 is 16.2 Å². The van der Waals surface area contributed by atoms with Crippen molar-refractivity contribution in [2.24, 2.45) is 46.2 Å². The van der Waals surface area contributed by atoms with Crippen molar-refractivity contribution in [3.05, 3.63) is 18.2 Å². The number of fused-ring (bicyclic) bond motifs is 1. The van der Waals surface area contributed by atoms with Gasteiger partial charge in [0.15, 0.2) is 24.2 Å². The Bertz CT molecular complexity index is 1260. The molecule has 4 fully saturated rings. The number of carboxylic acid groups (broad SMARTS) is 1. The number of quaternary nitrogens is 1. The molecule has 14 nitrogen and oxygen atoms in total. The van der Waals surface area contributed by atoms with Crippen LogP contribution in [0.25, 0.3) is 0 Å². The molecule has 5 rings (SSSR count). The molecular weight excluding hydrogens is 674 g/mol. The molecule has 14 heteroatoms. The van der Waals surface area contributed by atoms with Gasteiger partial charge in [0.1, 0.15) is 37.0 Å². The number of carboxylic acids is 1. The topological polar surface area (TPSA) is 245 Å². The Balaban J connectivity index is 1.27. The van der Waals surface area contributed by atoms with Gasteiger partial charge in [0.2, 0.25) is 6.10 Å². The van der Waals surface area contributed by atoms with Crippen LogP contribution in [0, 0.1) is 42.1 Å². The van der Waals surface area contributed by atoms with Crippen LogP contribution in [0.2, 0.25) is 0 Å². The van der Waals surface area contributed by atoms with Crippen molar-refractivity contribution in [3.8, 4) is 0 Å². The smallest absolute Gasteiger partial charge is 0.297 e. The fourth-order valence-corrected chi connectivity index (χ4v) is 9.43. The van der Waals surface area contributed by atoms with Gasteiger partial charge in [-0.3, -0.25) is 4.79 Å². The Morgan fingerprint density at radius 2 is 1.85 bits per heavy atom. The van der Waals surface area contributed by atoms with Crippen LogP contribution in [0.1, 0.15) is 91.4 Å². The minimum Gasteiger partial charge on any atom is -0.547 e. The Morgan fingerprint density at radius 1 is 1.12 bits per heavy atom. The van der Waals surface area contributed by atoms with Crippen molar-refractivity contribution in [3.63, 3.8) is 0 Å². The second kappa shape index (κ2) is 18.0. The van der Waals surface area contributed by atoms with Gasteiger partial charge in [-0.05, 0) is 56.3 Å². The Hall–Kier alpha value is -2.14. The maximum Gasteiger partial charge on any atom is 0.297 e. The van der Waals surface area contributed by atoms with E-state index in [0.29, 0.717) is 56.9 Å². The number of rotatable bonds is 16. The Labute approximate surface area is 307 Å². The molecule has 0 bridgehead atoms. The standard InChI is InChI=1S/C38H61N3O11/c1-20(2)5-4-6-21(3)24(15-22-13-14-40-17-22)18-41-19-38(49)34(45)31(44)33(36(47)48)52-37(38)50-26-11-12-27-28(16-26)51-32(35(39)46)29(30(27)43)23-7-9-25(42)10-8-23/h13-14,17,20-21,23-34,37,41-45,49H,4-12,15-16,18-19H2,1-3H3,(H2-,39,46,47,48)/p+2. The van der Waals surface area contributed by atoms with Crippen LogP contribution in [-0.2, 0) is 19.1 Å². The highest BCUT2D eigenvalue weighted by Crippen LogP contribution is 2.45. The van der Waals surface area contributed by atoms with E-state index in [1.54, 1.807) is 6.54 Å². The largest absolute Gasteiger partial charge is 0.547 e. The van der Waals surface area contributed by atoms with Crippen LogP contribution in [0.3, 0.4) is 0 Å². The molecule has 0 aromatic rings. The van der Waals surface area contributed by atoms with E-state index in [1.165, 1.54) is 0 Å². The number of allylic oxidation sites excluding steroid dienone is 1. The summed E-state index contributed by atoms with van der Waals surface area (Å²) in [6.07, 6.45) is 0.877. The van der Waals surface area contributed by atoms with Gasteiger partial charge in [-0.15, -0.1) is 4.99 Å². The zero-order valence-corrected chi connectivity index (χ0v) is 30.9. The molecule has 5 aliphatic rings. The number of aliphatic carboxylic acids is 1. The van der Waals surface area contributed by atoms with E-state index >= 15 is 0 Å². The Kier molecular flexibility index (Phi) is 14.2. The molecule has 10 N–H and O–H groups in total. The summed E-state index contributed by atoms with van der Waals surface area (Å²) in [6, 6.07) is 0. The minimum atomic E-state index is -2.19. The van der Waals surface area contributed by atoms with Crippen LogP contribution in [-0.4, -0.2) is 122 Å². The zero-order chi connectivity index (χ0) is 37.7. The third kappa shape index (κ3) is 9.56. The van der Waals surface area contributed by atoms with Crippen LogP contribution >= 0.6 is 0 Å². The molecule has 2 aliphatic carbocycles. The summed E-state index contributed by atoms with van der Waals surface area (Å²) in [5.41, 5.74) is 4.75. The van der Waals surface area contributed by atoms with Crippen molar-refractivity contribution in [1.82, 2.24) is 0 Å². The fraction of sp³-hybridized carbons (Fsp3) is 0.842. The van der Waals surface area contributed by atoms with Gasteiger partial charge in [-0.25, -0.2) is 0 Å². The lowest BCUT2D eigenvalue weighted by molar-refractivity contribution is -0.680.